The molecule has 1 aliphatic heterocycles. The summed E-state index contributed by atoms with van der Waals surface area (Å²) in [5.74, 6) is -0.851. The van der Waals surface area contributed by atoms with Gasteiger partial charge in [-0.15, -0.1) is 0 Å². The number of likely N-dealkylation sites (tertiary alicyclic amines) is 1. The highest BCUT2D eigenvalue weighted by Crippen LogP contribution is 2.19. The lowest BCUT2D eigenvalue weighted by atomic mass is 10.00. The Morgan fingerprint density at radius 2 is 2.07 bits per heavy atom. The van der Waals surface area contributed by atoms with Crippen molar-refractivity contribution >= 4 is 15.9 Å². The lowest BCUT2D eigenvalue weighted by Crippen LogP contribution is -2.42. The molecule has 1 heterocycles. The van der Waals surface area contributed by atoms with Crippen molar-refractivity contribution in [2.45, 2.75) is 51.6 Å². The molecule has 1 saturated heterocycles. The maximum absolute atomic E-state index is 13.8. The van der Waals surface area contributed by atoms with Crippen molar-refractivity contribution in [3.63, 3.8) is 0 Å². The molecule has 0 bridgehead atoms. The van der Waals surface area contributed by atoms with Gasteiger partial charge >= 0.3 is 0 Å². The zero-order valence-corrected chi connectivity index (χ0v) is 17.7. The van der Waals surface area contributed by atoms with E-state index in [1.807, 2.05) is 0 Å². The molecule has 0 aromatic heterocycles. The number of hydrogen-bond acceptors (Lipinski definition) is 4. The van der Waals surface area contributed by atoms with Crippen LogP contribution in [0.25, 0.3) is 0 Å². The fourth-order valence-electron chi connectivity index (χ4n) is 3.65. The first-order chi connectivity index (χ1) is 13.3. The average molecular weight is 414 g/mol. The third-order valence-electron chi connectivity index (χ3n) is 5.26. The highest BCUT2D eigenvalue weighted by molar-refractivity contribution is 7.88. The van der Waals surface area contributed by atoms with Gasteiger partial charge in [0, 0.05) is 31.2 Å². The highest BCUT2D eigenvalue weighted by atomic mass is 32.2. The molecule has 1 aromatic rings. The van der Waals surface area contributed by atoms with Crippen LogP contribution in [-0.4, -0.2) is 62.0 Å². The molecule has 8 heteroatoms. The van der Waals surface area contributed by atoms with Gasteiger partial charge < -0.3 is 10.2 Å². The number of amides is 1. The van der Waals surface area contributed by atoms with E-state index in [0.717, 1.165) is 36.5 Å². The number of nitrogens with one attached hydrogen (secondary N) is 1. The third-order valence-corrected chi connectivity index (χ3v) is 6.45. The number of carbonyl (C=O) groups is 1. The molecular weight excluding hydrogens is 381 g/mol. The van der Waals surface area contributed by atoms with Gasteiger partial charge in [0.2, 0.25) is 15.9 Å². The van der Waals surface area contributed by atoms with Crippen molar-refractivity contribution < 1.29 is 17.6 Å². The monoisotopic (exact) mass is 413 g/mol. The van der Waals surface area contributed by atoms with Crippen LogP contribution in [0.1, 0.15) is 44.6 Å². The molecular formula is C20H32FN3O3S. The Morgan fingerprint density at radius 3 is 2.75 bits per heavy atom. The molecule has 6 nitrogen and oxygen atoms in total. The lowest BCUT2D eigenvalue weighted by Gasteiger charge is -2.35. The summed E-state index contributed by atoms with van der Waals surface area (Å²) in [6.45, 7) is 4.28. The Morgan fingerprint density at radius 1 is 1.32 bits per heavy atom. The molecule has 1 N–H and O–H groups in total. The van der Waals surface area contributed by atoms with Crippen LogP contribution in [0.2, 0.25) is 0 Å². The number of hydrogen-bond donors (Lipinski definition) is 1. The summed E-state index contributed by atoms with van der Waals surface area (Å²) >= 11 is 0. The zero-order valence-electron chi connectivity index (χ0n) is 16.9. The van der Waals surface area contributed by atoms with Crippen molar-refractivity contribution in [2.24, 2.45) is 0 Å². The Labute approximate surface area is 168 Å². The molecule has 1 aromatic carbocycles. The van der Waals surface area contributed by atoms with Gasteiger partial charge in [-0.1, -0.05) is 31.5 Å². The Bertz CT molecular complexity index is 742. The van der Waals surface area contributed by atoms with Gasteiger partial charge in [-0.2, -0.15) is 4.31 Å². The smallest absolute Gasteiger partial charge is 0.235 e. The van der Waals surface area contributed by atoms with Crippen molar-refractivity contribution in [2.75, 3.05) is 32.4 Å². The molecule has 158 valence electrons. The number of sulfonamides is 1. The van der Waals surface area contributed by atoms with Crippen molar-refractivity contribution in [1.82, 2.24) is 14.5 Å². The summed E-state index contributed by atoms with van der Waals surface area (Å²) in [6, 6.07) is 6.62. The van der Waals surface area contributed by atoms with E-state index in [1.165, 1.54) is 31.4 Å². The van der Waals surface area contributed by atoms with E-state index >= 15 is 0 Å². The Balaban J connectivity index is 1.81. The van der Waals surface area contributed by atoms with Gasteiger partial charge in [-0.3, -0.25) is 4.79 Å². The average Bonchev–Trinajstić information content (AvgIpc) is 2.66. The van der Waals surface area contributed by atoms with E-state index < -0.39 is 15.8 Å². The van der Waals surface area contributed by atoms with Crippen LogP contribution in [0.4, 0.5) is 4.39 Å². The first-order valence-electron chi connectivity index (χ1n) is 10.0. The maximum Gasteiger partial charge on any atom is 0.235 e. The molecule has 0 unspecified atom stereocenters. The second-order valence-corrected chi connectivity index (χ2v) is 9.40. The number of nitrogens with zero attached hydrogens (tertiary/aromatic N) is 2. The van der Waals surface area contributed by atoms with E-state index in [-0.39, 0.29) is 24.6 Å². The first-order valence-corrected chi connectivity index (χ1v) is 11.9. The largest absolute Gasteiger partial charge is 0.355 e. The minimum atomic E-state index is -3.64. The predicted molar refractivity (Wildman–Crippen MR) is 109 cm³/mol. The molecule has 1 atom stereocenters. The standard InChI is InChI=1S/C20H32FN3O3S/c1-3-18-10-6-7-13-23(18)14-8-12-22-20(25)16-24(28(2,26)27)15-17-9-4-5-11-19(17)21/h4-5,9,11,18H,3,6-8,10,12-16H2,1-2H3,(H,22,25)/t18-/m1/s1. The molecule has 28 heavy (non-hydrogen) atoms. The van der Waals surface area contributed by atoms with Crippen LogP contribution in [0, 0.1) is 5.82 Å². The van der Waals surface area contributed by atoms with Crippen LogP contribution in [0.3, 0.4) is 0 Å². The molecule has 1 aliphatic rings. The summed E-state index contributed by atoms with van der Waals surface area (Å²) in [7, 11) is -3.64. The second kappa shape index (κ2) is 10.9. The van der Waals surface area contributed by atoms with E-state index in [0.29, 0.717) is 12.6 Å². The van der Waals surface area contributed by atoms with Gasteiger partial charge in [0.25, 0.3) is 0 Å². The van der Waals surface area contributed by atoms with E-state index in [1.54, 1.807) is 12.1 Å². The van der Waals surface area contributed by atoms with E-state index in [4.69, 9.17) is 0 Å². The lowest BCUT2D eigenvalue weighted by molar-refractivity contribution is -0.121. The number of halogens is 1. The fraction of sp³-hybridized carbons (Fsp3) is 0.650. The topological polar surface area (TPSA) is 69.7 Å². The Hall–Kier alpha value is -1.51. The van der Waals surface area contributed by atoms with Gasteiger partial charge in [-0.25, -0.2) is 12.8 Å². The summed E-state index contributed by atoms with van der Waals surface area (Å²) in [4.78, 5) is 14.7. The molecule has 1 amide bonds. The Kier molecular flexibility index (Phi) is 8.85. The minimum Gasteiger partial charge on any atom is -0.355 e. The van der Waals surface area contributed by atoms with Gasteiger partial charge in [0.1, 0.15) is 5.82 Å². The van der Waals surface area contributed by atoms with Crippen LogP contribution in [-0.2, 0) is 21.4 Å². The van der Waals surface area contributed by atoms with Crippen LogP contribution < -0.4 is 5.32 Å². The highest BCUT2D eigenvalue weighted by Gasteiger charge is 2.22. The first kappa shape index (κ1) is 22.8. The van der Waals surface area contributed by atoms with Gasteiger partial charge in [0.15, 0.2) is 0 Å². The molecule has 0 spiro atoms. The third kappa shape index (κ3) is 7.14. The summed E-state index contributed by atoms with van der Waals surface area (Å²) in [6.07, 6.45) is 6.75. The minimum absolute atomic E-state index is 0.162. The molecule has 0 radical (unpaired) electrons. The predicted octanol–water partition coefficient (Wildman–Crippen LogP) is 2.36. The van der Waals surface area contributed by atoms with Crippen molar-refractivity contribution in [1.29, 1.82) is 0 Å². The van der Waals surface area contributed by atoms with Crippen LogP contribution >= 0.6 is 0 Å². The summed E-state index contributed by atoms with van der Waals surface area (Å²) in [5, 5.41) is 2.79. The zero-order chi connectivity index (χ0) is 20.6. The molecule has 0 aliphatic carbocycles. The van der Waals surface area contributed by atoms with Gasteiger partial charge in [0.05, 0.1) is 12.8 Å². The second-order valence-electron chi connectivity index (χ2n) is 7.42. The van der Waals surface area contributed by atoms with Crippen LogP contribution in [0.15, 0.2) is 24.3 Å². The SMILES string of the molecule is CC[C@@H]1CCCCN1CCCNC(=O)CN(Cc1ccccc1F)S(C)(=O)=O. The fourth-order valence-corrected chi connectivity index (χ4v) is 4.38. The van der Waals surface area contributed by atoms with Crippen molar-refractivity contribution in [3.05, 3.63) is 35.6 Å². The summed E-state index contributed by atoms with van der Waals surface area (Å²) in [5.41, 5.74) is 0.247. The number of benzene rings is 1. The molecule has 1 fully saturated rings. The maximum atomic E-state index is 13.8. The molecule has 2 rings (SSSR count). The van der Waals surface area contributed by atoms with Crippen molar-refractivity contribution in [3.8, 4) is 0 Å². The number of piperidine rings is 1. The normalized spacial score (nSPS) is 18.4. The summed E-state index contributed by atoms with van der Waals surface area (Å²) < 4.78 is 38.8. The number of carbonyl (C=O) groups excluding carboxylic acids is 1. The quantitative estimate of drug-likeness (QED) is 0.598. The van der Waals surface area contributed by atoms with E-state index in [2.05, 4.69) is 17.1 Å². The van der Waals surface area contributed by atoms with E-state index in [9.17, 15) is 17.6 Å². The molecule has 0 saturated carbocycles. The van der Waals surface area contributed by atoms with Crippen LogP contribution in [0.5, 0.6) is 0 Å². The van der Waals surface area contributed by atoms with Gasteiger partial charge in [-0.05, 0) is 38.3 Å². The number of rotatable bonds is 10.